The van der Waals surface area contributed by atoms with Gasteiger partial charge in [-0.15, -0.1) is 12.4 Å². The average Bonchev–Trinajstić information content (AvgIpc) is 2.63. The summed E-state index contributed by atoms with van der Waals surface area (Å²) in [7, 11) is 0. The van der Waals surface area contributed by atoms with Gasteiger partial charge in [0.1, 0.15) is 30.4 Å². The van der Waals surface area contributed by atoms with Gasteiger partial charge in [0.15, 0.2) is 0 Å². The highest BCUT2D eigenvalue weighted by Gasteiger charge is 2.27. The van der Waals surface area contributed by atoms with Crippen molar-refractivity contribution in [2.45, 2.75) is 25.3 Å². The van der Waals surface area contributed by atoms with Gasteiger partial charge < -0.3 is 20.5 Å². The van der Waals surface area contributed by atoms with Crippen molar-refractivity contribution in [1.82, 2.24) is 5.32 Å². The van der Waals surface area contributed by atoms with Crippen LogP contribution in [0.3, 0.4) is 0 Å². The van der Waals surface area contributed by atoms with Crippen molar-refractivity contribution in [1.29, 1.82) is 0 Å². The Morgan fingerprint density at radius 2 is 2.00 bits per heavy atom. The summed E-state index contributed by atoms with van der Waals surface area (Å²) in [6, 6.07) is 14.5. The van der Waals surface area contributed by atoms with E-state index < -0.39 is 18.2 Å². The summed E-state index contributed by atoms with van der Waals surface area (Å²) in [6.07, 6.45) is -1.22. The molecule has 1 aliphatic rings. The van der Waals surface area contributed by atoms with Gasteiger partial charge in [0.25, 0.3) is 5.91 Å². The van der Waals surface area contributed by atoms with Crippen molar-refractivity contribution in [3.05, 3.63) is 59.7 Å². The molecular weight excluding hydrogens is 359 g/mol. The molecule has 0 spiro atoms. The molecule has 0 saturated carbocycles. The molecule has 1 saturated heterocycles. The van der Waals surface area contributed by atoms with Crippen LogP contribution >= 0.6 is 12.4 Å². The molecule has 0 radical (unpaired) electrons. The monoisotopic (exact) mass is 380 g/mol. The first-order valence-electron chi connectivity index (χ1n) is 8.25. The van der Waals surface area contributed by atoms with E-state index >= 15 is 0 Å². The molecule has 2 atom stereocenters. The van der Waals surface area contributed by atoms with Crippen LogP contribution in [0.2, 0.25) is 0 Å². The van der Waals surface area contributed by atoms with Crippen LogP contribution in [-0.2, 0) is 6.61 Å². The van der Waals surface area contributed by atoms with Gasteiger partial charge in [0.05, 0.1) is 5.56 Å². The highest BCUT2D eigenvalue weighted by Crippen LogP contribution is 2.28. The fraction of sp³-hybridized carbons (Fsp3) is 0.316. The SMILES string of the molecule is Cl.NC(=O)c1ccc(OCc2ccccc2)cc1O[C@H]1CCNC[C@H]1F. The molecule has 2 aromatic rings. The van der Waals surface area contributed by atoms with Crippen LogP contribution in [0.25, 0.3) is 0 Å². The number of ether oxygens (including phenoxy) is 2. The van der Waals surface area contributed by atoms with Crippen molar-refractivity contribution in [3.8, 4) is 11.5 Å². The zero-order valence-corrected chi connectivity index (χ0v) is 15.0. The molecule has 7 heteroatoms. The minimum Gasteiger partial charge on any atom is -0.489 e. The first-order chi connectivity index (χ1) is 12.1. The number of piperidine rings is 1. The molecule has 0 aromatic heterocycles. The number of carbonyl (C=O) groups is 1. The van der Waals surface area contributed by atoms with E-state index in [0.717, 1.165) is 5.56 Å². The molecule has 140 valence electrons. The third-order valence-corrected chi connectivity index (χ3v) is 4.09. The number of alkyl halides is 1. The molecule has 5 nitrogen and oxygen atoms in total. The summed E-state index contributed by atoms with van der Waals surface area (Å²) in [4.78, 5) is 11.6. The Morgan fingerprint density at radius 1 is 1.23 bits per heavy atom. The maximum atomic E-state index is 14.0. The summed E-state index contributed by atoms with van der Waals surface area (Å²) < 4.78 is 25.5. The van der Waals surface area contributed by atoms with Gasteiger partial charge in [-0.2, -0.15) is 0 Å². The summed E-state index contributed by atoms with van der Waals surface area (Å²) >= 11 is 0. The first kappa shape index (κ1) is 20.0. The fourth-order valence-electron chi connectivity index (χ4n) is 2.73. The number of hydrogen-bond acceptors (Lipinski definition) is 4. The molecular formula is C19H22ClFN2O3. The van der Waals surface area contributed by atoms with Crippen LogP contribution in [0.4, 0.5) is 4.39 Å². The number of nitrogens with two attached hydrogens (primary N) is 1. The predicted octanol–water partition coefficient (Wildman–Crippen LogP) is 2.87. The van der Waals surface area contributed by atoms with Crippen molar-refractivity contribution < 1.29 is 18.7 Å². The smallest absolute Gasteiger partial charge is 0.252 e. The van der Waals surface area contributed by atoms with Gasteiger partial charge in [0.2, 0.25) is 0 Å². The normalized spacial score (nSPS) is 19.3. The lowest BCUT2D eigenvalue weighted by atomic mass is 10.1. The molecule has 3 rings (SSSR count). The maximum Gasteiger partial charge on any atom is 0.252 e. The average molecular weight is 381 g/mol. The highest BCUT2D eigenvalue weighted by atomic mass is 35.5. The Kier molecular flexibility index (Phi) is 7.24. The van der Waals surface area contributed by atoms with E-state index in [-0.39, 0.29) is 30.3 Å². The lowest BCUT2D eigenvalue weighted by molar-refractivity contribution is 0.0711. The molecule has 0 unspecified atom stereocenters. The standard InChI is InChI=1S/C19H21FN2O3.ClH/c20-16-11-22-9-8-17(16)25-18-10-14(6-7-15(18)19(21)23)24-12-13-4-2-1-3-5-13;/h1-7,10,16-17,22H,8-9,11-12H2,(H2,21,23);1H/t16-,17+;/m1./s1. The Hall–Kier alpha value is -2.31. The molecule has 1 aliphatic heterocycles. The summed E-state index contributed by atoms with van der Waals surface area (Å²) in [6.45, 7) is 1.29. The predicted molar refractivity (Wildman–Crippen MR) is 99.8 cm³/mol. The van der Waals surface area contributed by atoms with Crippen molar-refractivity contribution in [2.24, 2.45) is 5.73 Å². The topological polar surface area (TPSA) is 73.6 Å². The molecule has 3 N–H and O–H groups in total. The lowest BCUT2D eigenvalue weighted by Crippen LogP contribution is -2.44. The van der Waals surface area contributed by atoms with Gasteiger partial charge >= 0.3 is 0 Å². The molecule has 0 bridgehead atoms. The molecule has 0 aliphatic carbocycles. The second-order valence-corrected chi connectivity index (χ2v) is 5.96. The van der Waals surface area contributed by atoms with Gasteiger partial charge in [0, 0.05) is 12.6 Å². The fourth-order valence-corrected chi connectivity index (χ4v) is 2.73. The van der Waals surface area contributed by atoms with Crippen molar-refractivity contribution in [3.63, 3.8) is 0 Å². The van der Waals surface area contributed by atoms with Gasteiger partial charge in [-0.1, -0.05) is 30.3 Å². The second kappa shape index (κ2) is 9.40. The number of primary amides is 1. The number of amides is 1. The van der Waals surface area contributed by atoms with Gasteiger partial charge in [-0.05, 0) is 30.7 Å². The van der Waals surface area contributed by atoms with Crippen LogP contribution in [0.1, 0.15) is 22.3 Å². The number of benzene rings is 2. The zero-order valence-electron chi connectivity index (χ0n) is 14.2. The number of hydrogen-bond donors (Lipinski definition) is 2. The Labute approximate surface area is 158 Å². The number of rotatable bonds is 6. The van der Waals surface area contributed by atoms with E-state index in [4.69, 9.17) is 15.2 Å². The molecule has 1 heterocycles. The minimum absolute atomic E-state index is 0. The van der Waals surface area contributed by atoms with Crippen LogP contribution in [-0.4, -0.2) is 31.3 Å². The summed E-state index contributed by atoms with van der Waals surface area (Å²) in [5.74, 6) is 0.176. The third kappa shape index (κ3) is 5.09. The lowest BCUT2D eigenvalue weighted by Gasteiger charge is -2.28. The van der Waals surface area contributed by atoms with E-state index in [9.17, 15) is 9.18 Å². The number of halogens is 2. The van der Waals surface area contributed by atoms with E-state index in [0.29, 0.717) is 25.3 Å². The summed E-state index contributed by atoms with van der Waals surface area (Å²) in [5.41, 5.74) is 6.64. The van der Waals surface area contributed by atoms with Crippen molar-refractivity contribution in [2.75, 3.05) is 13.1 Å². The highest BCUT2D eigenvalue weighted by molar-refractivity contribution is 5.95. The Morgan fingerprint density at radius 3 is 2.69 bits per heavy atom. The second-order valence-electron chi connectivity index (χ2n) is 5.96. The first-order valence-corrected chi connectivity index (χ1v) is 8.25. The quantitative estimate of drug-likeness (QED) is 0.808. The van der Waals surface area contributed by atoms with Crippen LogP contribution in [0.15, 0.2) is 48.5 Å². The van der Waals surface area contributed by atoms with Crippen molar-refractivity contribution >= 4 is 18.3 Å². The van der Waals surface area contributed by atoms with E-state index in [1.165, 1.54) is 0 Å². The molecule has 1 amide bonds. The third-order valence-electron chi connectivity index (χ3n) is 4.09. The molecule has 26 heavy (non-hydrogen) atoms. The van der Waals surface area contributed by atoms with Crippen LogP contribution in [0, 0.1) is 0 Å². The van der Waals surface area contributed by atoms with Crippen LogP contribution in [0.5, 0.6) is 11.5 Å². The van der Waals surface area contributed by atoms with E-state index in [1.54, 1.807) is 18.2 Å². The Balaban J connectivity index is 0.00000243. The molecule has 2 aromatic carbocycles. The van der Waals surface area contributed by atoms with Gasteiger partial charge in [-0.3, -0.25) is 4.79 Å². The van der Waals surface area contributed by atoms with E-state index in [1.807, 2.05) is 30.3 Å². The van der Waals surface area contributed by atoms with E-state index in [2.05, 4.69) is 5.32 Å². The number of nitrogens with one attached hydrogen (secondary N) is 1. The molecule has 1 fully saturated rings. The minimum atomic E-state index is -1.14. The van der Waals surface area contributed by atoms with Crippen LogP contribution < -0.4 is 20.5 Å². The number of carbonyl (C=O) groups excluding carboxylic acids is 1. The largest absolute Gasteiger partial charge is 0.489 e. The zero-order chi connectivity index (χ0) is 17.6. The Bertz CT molecular complexity index is 730. The summed E-state index contributed by atoms with van der Waals surface area (Å²) in [5, 5.41) is 2.97. The van der Waals surface area contributed by atoms with Gasteiger partial charge in [-0.25, -0.2) is 4.39 Å². The maximum absolute atomic E-state index is 14.0.